The molecule has 3 aromatic carbocycles. The molecule has 0 spiro atoms. The first-order valence-corrected chi connectivity index (χ1v) is 11.7. The highest BCUT2D eigenvalue weighted by Gasteiger charge is 2.37. The minimum absolute atomic E-state index is 0.0288. The zero-order chi connectivity index (χ0) is 24.3. The van der Waals surface area contributed by atoms with E-state index in [9.17, 15) is 4.79 Å². The Morgan fingerprint density at radius 2 is 1.14 bits per heavy atom. The van der Waals surface area contributed by atoms with Crippen molar-refractivity contribution in [3.63, 3.8) is 0 Å². The summed E-state index contributed by atoms with van der Waals surface area (Å²) in [6.07, 6.45) is 0. The van der Waals surface area contributed by atoms with Crippen molar-refractivity contribution in [3.05, 3.63) is 84.4 Å². The van der Waals surface area contributed by atoms with Gasteiger partial charge in [0, 0.05) is 0 Å². The molecule has 8 heteroatoms. The molecule has 0 saturated carbocycles. The molecule has 35 heavy (non-hydrogen) atoms. The van der Waals surface area contributed by atoms with Gasteiger partial charge < -0.3 is 28.4 Å². The number of carbonyl (C=O) groups is 1. The molecule has 0 N–H and O–H groups in total. The van der Waals surface area contributed by atoms with Crippen LogP contribution < -0.4 is 18.9 Å². The Kier molecular flexibility index (Phi) is 8.84. The molecule has 0 fully saturated rings. The second-order valence-electron chi connectivity index (χ2n) is 7.78. The maximum absolute atomic E-state index is 11.7. The first-order chi connectivity index (χ1) is 17.2. The van der Waals surface area contributed by atoms with Crippen molar-refractivity contribution in [3.8, 4) is 23.0 Å². The summed E-state index contributed by atoms with van der Waals surface area (Å²) < 4.78 is 35.9. The molecular formula is C27H27ClO7. The van der Waals surface area contributed by atoms with Crippen LogP contribution in [0.3, 0.4) is 0 Å². The lowest BCUT2D eigenvalue weighted by Gasteiger charge is -2.34. The molecular weight excluding hydrogens is 472 g/mol. The summed E-state index contributed by atoms with van der Waals surface area (Å²) in [5, 5.41) is -0.625. The highest BCUT2D eigenvalue weighted by molar-refractivity contribution is 6.63. The predicted octanol–water partition coefficient (Wildman–Crippen LogP) is 4.61. The smallest absolute Gasteiger partial charge is 0.247 e. The summed E-state index contributed by atoms with van der Waals surface area (Å²) in [4.78, 5) is 11.7. The summed E-state index contributed by atoms with van der Waals surface area (Å²) in [5.74, 6) is 2.20. The predicted molar refractivity (Wildman–Crippen MR) is 131 cm³/mol. The monoisotopic (exact) mass is 498 g/mol. The Balaban J connectivity index is 1.71. The van der Waals surface area contributed by atoms with Gasteiger partial charge in [-0.2, -0.15) is 0 Å². The van der Waals surface area contributed by atoms with Crippen LogP contribution in [-0.4, -0.2) is 51.5 Å². The number of carbonyl (C=O) groups excluding carboxylic acids is 1. The second-order valence-corrected chi connectivity index (χ2v) is 8.21. The number of halogens is 1. The first-order valence-electron chi connectivity index (χ1n) is 11.3. The lowest BCUT2D eigenvalue weighted by Crippen LogP contribution is -2.43. The number of fused-ring (bicyclic) bond motifs is 2. The summed E-state index contributed by atoms with van der Waals surface area (Å²) >= 11 is 5.66. The molecule has 4 rings (SSSR count). The highest BCUT2D eigenvalue weighted by atomic mass is 35.5. The third-order valence-electron chi connectivity index (χ3n) is 5.35. The Labute approximate surface area is 209 Å². The lowest BCUT2D eigenvalue weighted by atomic mass is 9.95. The van der Waals surface area contributed by atoms with E-state index < -0.39 is 10.8 Å². The fourth-order valence-corrected chi connectivity index (χ4v) is 3.66. The number of benzene rings is 3. The maximum Gasteiger partial charge on any atom is 0.247 e. The van der Waals surface area contributed by atoms with Crippen LogP contribution in [-0.2, 0) is 19.9 Å². The molecule has 1 aliphatic rings. The Bertz CT molecular complexity index is 1030. The molecule has 0 aliphatic carbocycles. The molecule has 0 unspecified atom stereocenters. The topological polar surface area (TPSA) is 72.5 Å². The van der Waals surface area contributed by atoms with Gasteiger partial charge in [-0.15, -0.1) is 0 Å². The van der Waals surface area contributed by atoms with Gasteiger partial charge >= 0.3 is 0 Å². The Morgan fingerprint density at radius 1 is 0.686 bits per heavy atom. The SMILES string of the molecule is O=C(Cl)COC1(c2ccccc2)COc2ccccc2OCCOCCOc2ccccc2OC1. The van der Waals surface area contributed by atoms with Gasteiger partial charge in [-0.25, -0.2) is 0 Å². The van der Waals surface area contributed by atoms with E-state index in [1.54, 1.807) is 0 Å². The van der Waals surface area contributed by atoms with Gasteiger partial charge in [0.05, 0.1) is 13.2 Å². The van der Waals surface area contributed by atoms with Crippen molar-refractivity contribution < 1.29 is 33.2 Å². The van der Waals surface area contributed by atoms with Crippen molar-refractivity contribution in [2.24, 2.45) is 0 Å². The summed E-state index contributed by atoms with van der Waals surface area (Å²) in [7, 11) is 0. The highest BCUT2D eigenvalue weighted by Crippen LogP contribution is 2.34. The van der Waals surface area contributed by atoms with Crippen LogP contribution in [0.25, 0.3) is 0 Å². The van der Waals surface area contributed by atoms with Crippen molar-refractivity contribution in [2.75, 3.05) is 46.2 Å². The molecule has 0 saturated heterocycles. The van der Waals surface area contributed by atoms with Gasteiger partial charge in [-0.1, -0.05) is 54.6 Å². The third kappa shape index (κ3) is 6.88. The third-order valence-corrected chi connectivity index (χ3v) is 5.46. The van der Waals surface area contributed by atoms with Gasteiger partial charge in [0.1, 0.15) is 33.0 Å². The molecule has 1 heterocycles. The van der Waals surface area contributed by atoms with E-state index in [0.717, 1.165) is 5.56 Å². The number of hydrogen-bond donors (Lipinski definition) is 0. The van der Waals surface area contributed by atoms with Crippen LogP contribution in [0.5, 0.6) is 23.0 Å². The zero-order valence-corrected chi connectivity index (χ0v) is 19.9. The summed E-state index contributed by atoms with van der Waals surface area (Å²) in [6.45, 7) is 1.22. The minimum atomic E-state index is -1.16. The van der Waals surface area contributed by atoms with Gasteiger partial charge in [0.2, 0.25) is 5.24 Å². The van der Waals surface area contributed by atoms with E-state index in [4.69, 9.17) is 40.0 Å². The number of hydrogen-bond acceptors (Lipinski definition) is 7. The minimum Gasteiger partial charge on any atom is -0.487 e. The van der Waals surface area contributed by atoms with E-state index in [1.807, 2.05) is 78.9 Å². The van der Waals surface area contributed by atoms with Crippen molar-refractivity contribution in [1.29, 1.82) is 0 Å². The molecule has 0 aromatic heterocycles. The molecule has 3 aromatic rings. The molecule has 184 valence electrons. The van der Waals surface area contributed by atoms with Gasteiger partial charge in [-0.05, 0) is 41.4 Å². The van der Waals surface area contributed by atoms with Crippen LogP contribution in [0.4, 0.5) is 0 Å². The van der Waals surface area contributed by atoms with Crippen LogP contribution in [0, 0.1) is 0 Å². The van der Waals surface area contributed by atoms with Gasteiger partial charge in [0.15, 0.2) is 28.6 Å². The van der Waals surface area contributed by atoms with Crippen molar-refractivity contribution in [2.45, 2.75) is 5.60 Å². The summed E-state index contributed by atoms with van der Waals surface area (Å²) in [5.41, 5.74) is -0.393. The van der Waals surface area contributed by atoms with E-state index in [1.165, 1.54) is 0 Å². The molecule has 0 bridgehead atoms. The quantitative estimate of drug-likeness (QED) is 0.486. The number of ether oxygens (including phenoxy) is 6. The standard InChI is InChI=1S/C27H27ClO7/c28-26(29)18-35-27(21-8-2-1-3-9-21)19-33-24-12-6-4-10-22(24)31-16-14-30-15-17-32-23-11-5-7-13-25(23)34-20-27/h1-13H,14-20H2. The van der Waals surface area contributed by atoms with Crippen molar-refractivity contribution >= 4 is 16.8 Å². The van der Waals surface area contributed by atoms with Crippen LogP contribution >= 0.6 is 11.6 Å². The average Bonchev–Trinajstić information content (AvgIpc) is 2.89. The van der Waals surface area contributed by atoms with Crippen LogP contribution in [0.1, 0.15) is 5.56 Å². The number of para-hydroxylation sites is 4. The van der Waals surface area contributed by atoms with E-state index in [0.29, 0.717) is 49.4 Å². The number of rotatable bonds is 4. The first kappa shape index (κ1) is 24.9. The molecule has 0 amide bonds. The molecule has 1 aliphatic heterocycles. The lowest BCUT2D eigenvalue weighted by molar-refractivity contribution is -0.133. The maximum atomic E-state index is 11.7. The second kappa shape index (κ2) is 12.4. The molecule has 7 nitrogen and oxygen atoms in total. The van der Waals surface area contributed by atoms with Gasteiger partial charge in [-0.3, -0.25) is 4.79 Å². The summed E-state index contributed by atoms with van der Waals surface area (Å²) in [6, 6.07) is 24.2. The largest absolute Gasteiger partial charge is 0.487 e. The van der Waals surface area contributed by atoms with E-state index >= 15 is 0 Å². The fraction of sp³-hybridized carbons (Fsp3) is 0.296. The fourth-order valence-electron chi connectivity index (χ4n) is 3.60. The normalized spacial score (nSPS) is 16.3. The van der Waals surface area contributed by atoms with E-state index in [-0.39, 0.29) is 19.8 Å². The Hall–Kier alpha value is -3.26. The van der Waals surface area contributed by atoms with Crippen LogP contribution in [0.2, 0.25) is 0 Å². The van der Waals surface area contributed by atoms with Crippen LogP contribution in [0.15, 0.2) is 78.9 Å². The van der Waals surface area contributed by atoms with E-state index in [2.05, 4.69) is 0 Å². The van der Waals surface area contributed by atoms with Gasteiger partial charge in [0.25, 0.3) is 0 Å². The Morgan fingerprint density at radius 3 is 1.63 bits per heavy atom. The molecule has 0 atom stereocenters. The van der Waals surface area contributed by atoms with Crippen molar-refractivity contribution in [1.82, 2.24) is 0 Å². The average molecular weight is 499 g/mol. The zero-order valence-electron chi connectivity index (χ0n) is 19.2. The molecule has 0 radical (unpaired) electrons.